The van der Waals surface area contributed by atoms with Crippen LogP contribution in [0.5, 0.6) is 5.75 Å². The number of nitrogens with one attached hydrogen (secondary N) is 1. The maximum Gasteiger partial charge on any atom is 0.240 e. The summed E-state index contributed by atoms with van der Waals surface area (Å²) in [5.74, 6) is 3.44. The van der Waals surface area contributed by atoms with Gasteiger partial charge in [0.15, 0.2) is 0 Å². The normalized spacial score (nSPS) is 33.6. The highest BCUT2D eigenvalue weighted by Gasteiger charge is 2.50. The van der Waals surface area contributed by atoms with E-state index in [1.54, 1.807) is 24.3 Å². The fraction of sp³-hybridized carbons (Fsp3) is 0.700. The molecular formula is C20H29NO3S. The van der Waals surface area contributed by atoms with Crippen molar-refractivity contribution in [2.75, 3.05) is 13.2 Å². The van der Waals surface area contributed by atoms with Crippen molar-refractivity contribution >= 4 is 10.0 Å². The van der Waals surface area contributed by atoms with E-state index in [0.29, 0.717) is 29.2 Å². The monoisotopic (exact) mass is 363 g/mol. The molecule has 4 aliphatic carbocycles. The molecular weight excluding hydrogens is 334 g/mol. The van der Waals surface area contributed by atoms with Crippen LogP contribution >= 0.6 is 0 Å². The maximum atomic E-state index is 12.5. The van der Waals surface area contributed by atoms with E-state index in [9.17, 15) is 8.42 Å². The van der Waals surface area contributed by atoms with Gasteiger partial charge < -0.3 is 4.74 Å². The van der Waals surface area contributed by atoms with Gasteiger partial charge in [-0.3, -0.25) is 0 Å². The summed E-state index contributed by atoms with van der Waals surface area (Å²) >= 11 is 0. The second-order valence-electron chi connectivity index (χ2n) is 8.47. The predicted octanol–water partition coefficient (Wildman–Crippen LogP) is 3.97. The molecule has 138 valence electrons. The molecule has 0 unspecified atom stereocenters. The largest absolute Gasteiger partial charge is 0.494 e. The topological polar surface area (TPSA) is 55.4 Å². The van der Waals surface area contributed by atoms with E-state index in [1.807, 2.05) is 6.92 Å². The average molecular weight is 364 g/mol. The van der Waals surface area contributed by atoms with Crippen molar-refractivity contribution in [3.63, 3.8) is 0 Å². The van der Waals surface area contributed by atoms with E-state index in [2.05, 4.69) is 4.72 Å². The van der Waals surface area contributed by atoms with Crippen LogP contribution in [0, 0.1) is 23.2 Å². The SMILES string of the molecule is CCOc1ccc(S(=O)(=O)NCCC23CC4CC(CC(C4)C2)C3)cc1. The standard InChI is InChI=1S/C20H29NO3S/c1-2-24-18-3-5-19(6-4-18)25(22,23)21-8-7-20-12-15-9-16(13-20)11-17(10-15)14-20/h3-6,15-17,21H,2,7-14H2,1H3. The summed E-state index contributed by atoms with van der Waals surface area (Å²) in [6, 6.07) is 6.68. The minimum absolute atomic E-state index is 0.321. The van der Waals surface area contributed by atoms with Gasteiger partial charge in [0, 0.05) is 6.54 Å². The van der Waals surface area contributed by atoms with Crippen LogP contribution in [-0.4, -0.2) is 21.6 Å². The van der Waals surface area contributed by atoms with E-state index in [-0.39, 0.29) is 0 Å². The van der Waals surface area contributed by atoms with Crippen LogP contribution in [0.3, 0.4) is 0 Å². The highest BCUT2D eigenvalue weighted by atomic mass is 32.2. The molecule has 25 heavy (non-hydrogen) atoms. The van der Waals surface area contributed by atoms with Crippen LogP contribution in [0.25, 0.3) is 0 Å². The molecule has 0 atom stereocenters. The summed E-state index contributed by atoms with van der Waals surface area (Å²) in [5.41, 5.74) is 0.413. The highest BCUT2D eigenvalue weighted by Crippen LogP contribution is 2.61. The number of hydrogen-bond donors (Lipinski definition) is 1. The van der Waals surface area contributed by atoms with Gasteiger partial charge in [0.2, 0.25) is 10.0 Å². The molecule has 4 nitrogen and oxygen atoms in total. The zero-order valence-electron chi connectivity index (χ0n) is 15.0. The molecule has 4 saturated carbocycles. The second kappa shape index (κ2) is 6.58. The van der Waals surface area contributed by atoms with Crippen LogP contribution in [0.15, 0.2) is 29.2 Å². The van der Waals surface area contributed by atoms with Gasteiger partial charge in [0.1, 0.15) is 5.75 Å². The van der Waals surface area contributed by atoms with Crippen molar-refractivity contribution in [1.29, 1.82) is 0 Å². The maximum absolute atomic E-state index is 12.5. The highest BCUT2D eigenvalue weighted by molar-refractivity contribution is 7.89. The first kappa shape index (κ1) is 17.3. The fourth-order valence-electron chi connectivity index (χ4n) is 6.01. The van der Waals surface area contributed by atoms with Gasteiger partial charge in [-0.2, -0.15) is 0 Å². The quantitative estimate of drug-likeness (QED) is 0.797. The Morgan fingerprint density at radius 1 is 1.04 bits per heavy atom. The Labute approximate surface area is 151 Å². The second-order valence-corrected chi connectivity index (χ2v) is 10.2. The third-order valence-electron chi connectivity index (χ3n) is 6.56. The van der Waals surface area contributed by atoms with Crippen molar-refractivity contribution < 1.29 is 13.2 Å². The van der Waals surface area contributed by atoms with Gasteiger partial charge in [0.25, 0.3) is 0 Å². The smallest absolute Gasteiger partial charge is 0.240 e. The summed E-state index contributed by atoms with van der Waals surface area (Å²) in [6.45, 7) is 3.05. The van der Waals surface area contributed by atoms with Crippen LogP contribution in [-0.2, 0) is 10.0 Å². The number of sulfonamides is 1. The number of benzene rings is 1. The summed E-state index contributed by atoms with van der Waals surface area (Å²) in [4.78, 5) is 0.321. The molecule has 5 rings (SSSR count). The minimum Gasteiger partial charge on any atom is -0.494 e. The number of hydrogen-bond acceptors (Lipinski definition) is 3. The molecule has 0 aliphatic heterocycles. The van der Waals surface area contributed by atoms with Crippen LogP contribution < -0.4 is 9.46 Å². The Morgan fingerprint density at radius 2 is 1.60 bits per heavy atom. The van der Waals surface area contributed by atoms with Crippen LogP contribution in [0.4, 0.5) is 0 Å². The zero-order chi connectivity index (χ0) is 17.5. The first-order valence-corrected chi connectivity index (χ1v) is 11.2. The van der Waals surface area contributed by atoms with E-state index in [1.165, 1.54) is 38.5 Å². The molecule has 4 aliphatic rings. The van der Waals surface area contributed by atoms with E-state index >= 15 is 0 Å². The van der Waals surface area contributed by atoms with Crippen LogP contribution in [0.2, 0.25) is 0 Å². The van der Waals surface area contributed by atoms with Gasteiger partial charge in [-0.15, -0.1) is 0 Å². The summed E-state index contributed by atoms with van der Waals surface area (Å²) in [7, 11) is -3.43. The Morgan fingerprint density at radius 3 is 2.12 bits per heavy atom. The minimum atomic E-state index is -3.43. The van der Waals surface area contributed by atoms with Gasteiger partial charge in [-0.25, -0.2) is 13.1 Å². The molecule has 1 aromatic rings. The third kappa shape index (κ3) is 3.59. The predicted molar refractivity (Wildman–Crippen MR) is 98.0 cm³/mol. The van der Waals surface area contributed by atoms with E-state index in [0.717, 1.165) is 24.2 Å². The van der Waals surface area contributed by atoms with Gasteiger partial charge in [0.05, 0.1) is 11.5 Å². The van der Waals surface area contributed by atoms with Crippen molar-refractivity contribution in [3.8, 4) is 5.75 Å². The number of rotatable bonds is 7. The molecule has 1 aromatic carbocycles. The van der Waals surface area contributed by atoms with Gasteiger partial charge in [-0.05, 0) is 99.3 Å². The van der Waals surface area contributed by atoms with Crippen molar-refractivity contribution in [1.82, 2.24) is 4.72 Å². The summed E-state index contributed by atoms with van der Waals surface area (Å²) in [6.07, 6.45) is 9.25. The summed E-state index contributed by atoms with van der Waals surface area (Å²) in [5, 5.41) is 0. The van der Waals surface area contributed by atoms with Crippen molar-refractivity contribution in [2.24, 2.45) is 23.2 Å². The first-order valence-electron chi connectivity index (χ1n) is 9.70. The Kier molecular flexibility index (Phi) is 4.57. The molecule has 5 heteroatoms. The lowest BCUT2D eigenvalue weighted by Gasteiger charge is -2.57. The molecule has 4 fully saturated rings. The van der Waals surface area contributed by atoms with E-state index in [4.69, 9.17) is 4.74 Å². The van der Waals surface area contributed by atoms with Crippen molar-refractivity contribution in [2.45, 2.75) is 56.8 Å². The van der Waals surface area contributed by atoms with Crippen LogP contribution in [0.1, 0.15) is 51.9 Å². The lowest BCUT2D eigenvalue weighted by molar-refractivity contribution is -0.0561. The lowest BCUT2D eigenvalue weighted by Crippen LogP contribution is -2.47. The Hall–Kier alpha value is -1.07. The zero-order valence-corrected chi connectivity index (χ0v) is 15.9. The van der Waals surface area contributed by atoms with Gasteiger partial charge >= 0.3 is 0 Å². The molecule has 0 aromatic heterocycles. The number of ether oxygens (including phenoxy) is 1. The molecule has 0 radical (unpaired) electrons. The molecule has 0 amide bonds. The Balaban J connectivity index is 1.36. The molecule has 0 heterocycles. The molecule has 0 saturated heterocycles. The fourth-order valence-corrected chi connectivity index (χ4v) is 7.04. The van der Waals surface area contributed by atoms with Gasteiger partial charge in [-0.1, -0.05) is 0 Å². The average Bonchev–Trinajstić information content (AvgIpc) is 2.54. The molecule has 4 bridgehead atoms. The van der Waals surface area contributed by atoms with E-state index < -0.39 is 10.0 Å². The van der Waals surface area contributed by atoms with Crippen molar-refractivity contribution in [3.05, 3.63) is 24.3 Å². The third-order valence-corrected chi connectivity index (χ3v) is 8.03. The Bertz CT molecular complexity index is 676. The molecule has 1 N–H and O–H groups in total. The lowest BCUT2D eigenvalue weighted by atomic mass is 9.49. The molecule has 0 spiro atoms. The first-order chi connectivity index (χ1) is 12.0. The summed E-state index contributed by atoms with van der Waals surface area (Å²) < 4.78 is 33.3.